The maximum absolute atomic E-state index is 11.5. The molecule has 2 heterocycles. The molecule has 2 aromatic rings. The van der Waals surface area contributed by atoms with Crippen molar-refractivity contribution < 1.29 is 4.79 Å². The molecule has 0 N–H and O–H groups in total. The Balaban J connectivity index is 1.81. The molecule has 4 nitrogen and oxygen atoms in total. The number of carbonyl (C=O) groups excluding carboxylic acids is 1. The summed E-state index contributed by atoms with van der Waals surface area (Å²) in [5.41, 5.74) is 5.81. The van der Waals surface area contributed by atoms with E-state index in [1.807, 2.05) is 4.90 Å². The molecule has 1 saturated heterocycles. The maximum Gasteiger partial charge on any atom is 0.219 e. The maximum atomic E-state index is 11.5. The lowest BCUT2D eigenvalue weighted by Gasteiger charge is -2.31. The fraction of sp³-hybridized carbons (Fsp3) is 0.450. The molecule has 0 bridgehead atoms. The zero-order valence-electron chi connectivity index (χ0n) is 14.7. The van der Waals surface area contributed by atoms with E-state index in [2.05, 4.69) is 42.0 Å². The van der Waals surface area contributed by atoms with Crippen LogP contribution in [0.2, 0.25) is 0 Å². The van der Waals surface area contributed by atoms with E-state index >= 15 is 0 Å². The van der Waals surface area contributed by atoms with Crippen molar-refractivity contribution in [2.24, 2.45) is 5.92 Å². The molecule has 3 rings (SSSR count). The van der Waals surface area contributed by atoms with E-state index in [9.17, 15) is 4.79 Å². The Kier molecular flexibility index (Phi) is 4.93. The predicted molar refractivity (Wildman–Crippen MR) is 95.6 cm³/mol. The van der Waals surface area contributed by atoms with Gasteiger partial charge in [0.2, 0.25) is 5.91 Å². The number of benzene rings is 1. The summed E-state index contributed by atoms with van der Waals surface area (Å²) in [4.78, 5) is 22.7. The topological polar surface area (TPSA) is 46.1 Å². The monoisotopic (exact) mass is 323 g/mol. The molecule has 4 heteroatoms. The van der Waals surface area contributed by atoms with Crippen molar-refractivity contribution in [2.45, 2.75) is 40.0 Å². The third kappa shape index (κ3) is 3.48. The van der Waals surface area contributed by atoms with Gasteiger partial charge in [0, 0.05) is 38.0 Å². The van der Waals surface area contributed by atoms with Crippen LogP contribution in [0.5, 0.6) is 0 Å². The quantitative estimate of drug-likeness (QED) is 0.867. The SMILES string of the molecule is CC(=O)N1CCC(Cc2nccnc2-c2cccc(C)c2C)CC1. The van der Waals surface area contributed by atoms with Gasteiger partial charge in [0.1, 0.15) is 0 Å². The van der Waals surface area contributed by atoms with E-state index < -0.39 is 0 Å². The zero-order chi connectivity index (χ0) is 17.1. The fourth-order valence-electron chi connectivity index (χ4n) is 3.47. The van der Waals surface area contributed by atoms with Gasteiger partial charge in [0.05, 0.1) is 11.4 Å². The van der Waals surface area contributed by atoms with Crippen LogP contribution in [0.15, 0.2) is 30.6 Å². The van der Waals surface area contributed by atoms with Crippen LogP contribution in [0.25, 0.3) is 11.3 Å². The van der Waals surface area contributed by atoms with Crippen molar-refractivity contribution in [3.05, 3.63) is 47.4 Å². The molecular formula is C20H25N3O. The average Bonchev–Trinajstić information content (AvgIpc) is 2.59. The Morgan fingerprint density at radius 1 is 1.17 bits per heavy atom. The summed E-state index contributed by atoms with van der Waals surface area (Å²) in [5.74, 6) is 0.755. The Hall–Kier alpha value is -2.23. The van der Waals surface area contributed by atoms with Crippen LogP contribution in [0.4, 0.5) is 0 Å². The molecule has 126 valence electrons. The number of nitrogens with zero attached hydrogens (tertiary/aromatic N) is 3. The first-order valence-corrected chi connectivity index (χ1v) is 8.68. The van der Waals surface area contributed by atoms with Crippen LogP contribution in [0, 0.1) is 19.8 Å². The highest BCUT2D eigenvalue weighted by Crippen LogP contribution is 2.29. The lowest BCUT2D eigenvalue weighted by molar-refractivity contribution is -0.130. The molecule has 1 fully saturated rings. The smallest absolute Gasteiger partial charge is 0.219 e. The number of carbonyl (C=O) groups is 1. The normalized spacial score (nSPS) is 15.5. The van der Waals surface area contributed by atoms with Gasteiger partial charge in [-0.1, -0.05) is 18.2 Å². The van der Waals surface area contributed by atoms with Gasteiger partial charge in [-0.2, -0.15) is 0 Å². The molecule has 0 radical (unpaired) electrons. The third-order valence-corrected chi connectivity index (χ3v) is 5.18. The molecule has 1 aromatic carbocycles. The standard InChI is InChI=1S/C20H25N3O/c1-14-5-4-6-18(15(14)2)20-19(21-9-10-22-20)13-17-7-11-23(12-8-17)16(3)24/h4-6,9-10,17H,7-8,11-13H2,1-3H3. The number of likely N-dealkylation sites (tertiary alicyclic amines) is 1. The Morgan fingerprint density at radius 2 is 1.88 bits per heavy atom. The molecule has 0 aliphatic carbocycles. The number of hydrogen-bond donors (Lipinski definition) is 0. The van der Waals surface area contributed by atoms with E-state index in [1.165, 1.54) is 16.7 Å². The number of amides is 1. The van der Waals surface area contributed by atoms with E-state index in [-0.39, 0.29) is 5.91 Å². The van der Waals surface area contributed by atoms with Gasteiger partial charge < -0.3 is 4.90 Å². The van der Waals surface area contributed by atoms with Crippen molar-refractivity contribution in [2.75, 3.05) is 13.1 Å². The van der Waals surface area contributed by atoms with E-state index in [4.69, 9.17) is 0 Å². The molecular weight excluding hydrogens is 298 g/mol. The van der Waals surface area contributed by atoms with Crippen LogP contribution in [-0.4, -0.2) is 33.9 Å². The van der Waals surface area contributed by atoms with Crippen LogP contribution in [-0.2, 0) is 11.2 Å². The highest BCUT2D eigenvalue weighted by molar-refractivity contribution is 5.73. The van der Waals surface area contributed by atoms with Gasteiger partial charge >= 0.3 is 0 Å². The first kappa shape index (κ1) is 16.6. The van der Waals surface area contributed by atoms with Crippen molar-refractivity contribution in [3.8, 4) is 11.3 Å². The van der Waals surface area contributed by atoms with E-state index in [0.717, 1.165) is 43.7 Å². The summed E-state index contributed by atoms with van der Waals surface area (Å²) in [6.45, 7) is 7.65. The summed E-state index contributed by atoms with van der Waals surface area (Å²) >= 11 is 0. The van der Waals surface area contributed by atoms with Gasteiger partial charge in [-0.15, -0.1) is 0 Å². The molecule has 0 spiro atoms. The number of rotatable bonds is 3. The minimum Gasteiger partial charge on any atom is -0.343 e. The molecule has 1 aromatic heterocycles. The van der Waals surface area contributed by atoms with Crippen LogP contribution >= 0.6 is 0 Å². The van der Waals surface area contributed by atoms with Gasteiger partial charge in [-0.25, -0.2) is 0 Å². The molecule has 1 aliphatic rings. The van der Waals surface area contributed by atoms with E-state index in [1.54, 1.807) is 19.3 Å². The minimum atomic E-state index is 0.184. The van der Waals surface area contributed by atoms with Gasteiger partial charge in [0.25, 0.3) is 0 Å². The first-order chi connectivity index (χ1) is 11.6. The summed E-state index contributed by atoms with van der Waals surface area (Å²) < 4.78 is 0. The predicted octanol–water partition coefficient (Wildman–Crippen LogP) is 3.56. The van der Waals surface area contributed by atoms with Crippen molar-refractivity contribution in [1.29, 1.82) is 0 Å². The second kappa shape index (κ2) is 7.12. The molecule has 24 heavy (non-hydrogen) atoms. The Bertz CT molecular complexity index is 733. The lowest BCUT2D eigenvalue weighted by Crippen LogP contribution is -2.37. The zero-order valence-corrected chi connectivity index (χ0v) is 14.7. The highest BCUT2D eigenvalue weighted by atomic mass is 16.2. The summed E-state index contributed by atoms with van der Waals surface area (Å²) in [6, 6.07) is 6.35. The molecule has 1 aliphatic heterocycles. The van der Waals surface area contributed by atoms with Gasteiger partial charge in [-0.05, 0) is 50.2 Å². The fourth-order valence-corrected chi connectivity index (χ4v) is 3.47. The van der Waals surface area contributed by atoms with Crippen molar-refractivity contribution in [3.63, 3.8) is 0 Å². The van der Waals surface area contributed by atoms with Crippen molar-refractivity contribution >= 4 is 5.91 Å². The second-order valence-corrected chi connectivity index (χ2v) is 6.75. The molecule has 1 amide bonds. The number of piperidine rings is 1. The van der Waals surface area contributed by atoms with Crippen LogP contribution in [0.3, 0.4) is 0 Å². The molecule has 0 unspecified atom stereocenters. The molecule has 0 atom stereocenters. The minimum absolute atomic E-state index is 0.184. The van der Waals surface area contributed by atoms with Crippen LogP contribution in [0.1, 0.15) is 36.6 Å². The average molecular weight is 323 g/mol. The summed E-state index contributed by atoms with van der Waals surface area (Å²) in [7, 11) is 0. The first-order valence-electron chi connectivity index (χ1n) is 8.68. The Labute approximate surface area is 143 Å². The number of aromatic nitrogens is 2. The summed E-state index contributed by atoms with van der Waals surface area (Å²) in [6.07, 6.45) is 6.58. The van der Waals surface area contributed by atoms with Gasteiger partial charge in [0.15, 0.2) is 0 Å². The largest absolute Gasteiger partial charge is 0.343 e. The lowest BCUT2D eigenvalue weighted by atomic mass is 9.90. The summed E-state index contributed by atoms with van der Waals surface area (Å²) in [5, 5.41) is 0. The number of hydrogen-bond acceptors (Lipinski definition) is 3. The number of aryl methyl sites for hydroxylation is 1. The second-order valence-electron chi connectivity index (χ2n) is 6.75. The van der Waals surface area contributed by atoms with Gasteiger partial charge in [-0.3, -0.25) is 14.8 Å². The van der Waals surface area contributed by atoms with Crippen LogP contribution < -0.4 is 0 Å². The Morgan fingerprint density at radius 3 is 2.58 bits per heavy atom. The third-order valence-electron chi connectivity index (χ3n) is 5.18. The molecule has 0 saturated carbocycles. The highest BCUT2D eigenvalue weighted by Gasteiger charge is 2.23. The van der Waals surface area contributed by atoms with E-state index in [0.29, 0.717) is 5.92 Å². The van der Waals surface area contributed by atoms with Crippen molar-refractivity contribution in [1.82, 2.24) is 14.9 Å².